The highest BCUT2D eigenvalue weighted by molar-refractivity contribution is 6.30. The van der Waals surface area contributed by atoms with E-state index in [0.717, 1.165) is 34.6 Å². The summed E-state index contributed by atoms with van der Waals surface area (Å²) >= 11 is 5.93. The molecule has 2 nitrogen and oxygen atoms in total. The quantitative estimate of drug-likeness (QED) is 0.548. The minimum absolute atomic E-state index is 0.434. The van der Waals surface area contributed by atoms with Crippen LogP contribution in [0.25, 0.3) is 11.1 Å². The summed E-state index contributed by atoms with van der Waals surface area (Å²) in [4.78, 5) is 0. The molecule has 0 spiro atoms. The summed E-state index contributed by atoms with van der Waals surface area (Å²) in [6.07, 6.45) is 3.54. The summed E-state index contributed by atoms with van der Waals surface area (Å²) in [6, 6.07) is 15.9. The first-order valence-electron chi connectivity index (χ1n) is 8.46. The number of benzene rings is 2. The first kappa shape index (κ1) is 17.8. The largest absolute Gasteiger partial charge is 0.342 e. The average Bonchev–Trinajstić information content (AvgIpc) is 2.67. The van der Waals surface area contributed by atoms with E-state index in [1.54, 1.807) is 0 Å². The Morgan fingerprint density at radius 1 is 1.00 bits per heavy atom. The third kappa shape index (κ3) is 5.21. The fraction of sp³-hybridized carbons (Fsp3) is 0.273. The van der Waals surface area contributed by atoms with E-state index in [4.69, 9.17) is 21.1 Å². The van der Waals surface area contributed by atoms with Crippen molar-refractivity contribution in [1.82, 2.24) is 0 Å². The van der Waals surface area contributed by atoms with Gasteiger partial charge < -0.3 is 9.47 Å². The van der Waals surface area contributed by atoms with Gasteiger partial charge in [0.25, 0.3) is 0 Å². The van der Waals surface area contributed by atoms with Crippen molar-refractivity contribution >= 4 is 11.6 Å². The van der Waals surface area contributed by atoms with Crippen LogP contribution in [-0.2, 0) is 9.47 Å². The Morgan fingerprint density at radius 2 is 1.60 bits per heavy atom. The lowest BCUT2D eigenvalue weighted by molar-refractivity contribution is -0.169. The Hall–Kier alpha value is -2.05. The number of hydrogen-bond donors (Lipinski definition) is 0. The van der Waals surface area contributed by atoms with Gasteiger partial charge in [0.15, 0.2) is 0 Å². The third-order valence-electron chi connectivity index (χ3n) is 4.14. The van der Waals surface area contributed by atoms with E-state index in [0.29, 0.717) is 19.1 Å². The summed E-state index contributed by atoms with van der Waals surface area (Å²) in [5, 5.41) is 0.741. The van der Waals surface area contributed by atoms with Gasteiger partial charge in [-0.15, -0.1) is 6.58 Å². The maximum absolute atomic E-state index is 5.93. The molecule has 0 atom stereocenters. The number of hydrogen-bond acceptors (Lipinski definition) is 2. The Morgan fingerprint density at radius 3 is 2.20 bits per heavy atom. The standard InChI is InChI=1S/C22H21ClO2/c1-2-3-4-18-15-24-22(25-16-18)14-7-17-5-8-19(9-6-17)20-10-12-21(23)13-11-20/h2,5-6,8-13,18,22H,1,3-4,15-16H2. The van der Waals surface area contributed by atoms with E-state index in [9.17, 15) is 0 Å². The van der Waals surface area contributed by atoms with Crippen LogP contribution in [0.1, 0.15) is 18.4 Å². The molecule has 2 aromatic carbocycles. The lowest BCUT2D eigenvalue weighted by Gasteiger charge is -2.26. The molecule has 1 aliphatic heterocycles. The topological polar surface area (TPSA) is 18.5 Å². The molecule has 3 rings (SSSR count). The number of halogens is 1. The van der Waals surface area contributed by atoms with Gasteiger partial charge in [0.1, 0.15) is 0 Å². The molecule has 1 fully saturated rings. The summed E-state index contributed by atoms with van der Waals surface area (Å²) in [7, 11) is 0. The SMILES string of the molecule is C=CCCC1COC(C#Cc2ccc(-c3ccc(Cl)cc3)cc2)OC1. The van der Waals surface area contributed by atoms with E-state index in [1.807, 2.05) is 42.5 Å². The lowest BCUT2D eigenvalue weighted by atomic mass is 10.0. The third-order valence-corrected chi connectivity index (χ3v) is 4.39. The molecule has 3 heteroatoms. The van der Waals surface area contributed by atoms with Gasteiger partial charge in [0.05, 0.1) is 13.2 Å². The van der Waals surface area contributed by atoms with Crippen LogP contribution >= 0.6 is 11.6 Å². The van der Waals surface area contributed by atoms with Crippen LogP contribution in [0, 0.1) is 17.8 Å². The van der Waals surface area contributed by atoms with Gasteiger partial charge in [0, 0.05) is 16.5 Å². The van der Waals surface area contributed by atoms with Crippen LogP contribution in [0.5, 0.6) is 0 Å². The molecule has 0 radical (unpaired) electrons. The minimum Gasteiger partial charge on any atom is -0.342 e. The second-order valence-electron chi connectivity index (χ2n) is 6.08. The number of allylic oxidation sites excluding steroid dienone is 1. The molecule has 0 aromatic heterocycles. The molecular formula is C22H21ClO2. The van der Waals surface area contributed by atoms with E-state index < -0.39 is 6.29 Å². The summed E-state index contributed by atoms with van der Waals surface area (Å²) < 4.78 is 11.3. The monoisotopic (exact) mass is 352 g/mol. The highest BCUT2D eigenvalue weighted by Gasteiger charge is 2.19. The highest BCUT2D eigenvalue weighted by atomic mass is 35.5. The second-order valence-corrected chi connectivity index (χ2v) is 6.52. The Balaban J connectivity index is 1.57. The van der Waals surface area contributed by atoms with Crippen molar-refractivity contribution < 1.29 is 9.47 Å². The van der Waals surface area contributed by atoms with Crippen molar-refractivity contribution in [2.24, 2.45) is 5.92 Å². The molecule has 0 saturated carbocycles. The van der Waals surface area contributed by atoms with Crippen molar-refractivity contribution in [2.75, 3.05) is 13.2 Å². The number of rotatable bonds is 4. The Bertz CT molecular complexity index is 745. The Labute approximate surface area is 154 Å². The smallest absolute Gasteiger partial charge is 0.222 e. The van der Waals surface area contributed by atoms with E-state index >= 15 is 0 Å². The lowest BCUT2D eigenvalue weighted by Crippen LogP contribution is -2.31. The Kier molecular flexibility index (Phi) is 6.30. The normalized spacial score (nSPS) is 19.7. The maximum Gasteiger partial charge on any atom is 0.222 e. The van der Waals surface area contributed by atoms with Gasteiger partial charge in [-0.2, -0.15) is 0 Å². The molecule has 0 unspecified atom stereocenters. The molecule has 1 aliphatic rings. The second kappa shape index (κ2) is 8.87. The van der Waals surface area contributed by atoms with Crippen molar-refractivity contribution in [2.45, 2.75) is 19.1 Å². The number of ether oxygens (including phenoxy) is 2. The highest BCUT2D eigenvalue weighted by Crippen LogP contribution is 2.22. The molecular weight excluding hydrogens is 332 g/mol. The minimum atomic E-state index is -0.434. The first-order valence-corrected chi connectivity index (χ1v) is 8.84. The van der Waals surface area contributed by atoms with Gasteiger partial charge in [-0.1, -0.05) is 47.9 Å². The zero-order valence-electron chi connectivity index (χ0n) is 14.1. The van der Waals surface area contributed by atoms with Gasteiger partial charge in [0.2, 0.25) is 6.29 Å². The van der Waals surface area contributed by atoms with Gasteiger partial charge >= 0.3 is 0 Å². The predicted octanol–water partition coefficient (Wildman–Crippen LogP) is 5.31. The fourth-order valence-corrected chi connectivity index (χ4v) is 2.80. The van der Waals surface area contributed by atoms with Gasteiger partial charge in [-0.3, -0.25) is 0 Å². The van der Waals surface area contributed by atoms with Crippen molar-refractivity contribution in [1.29, 1.82) is 0 Å². The summed E-state index contributed by atoms with van der Waals surface area (Å²) in [5.41, 5.74) is 3.21. The molecule has 128 valence electrons. The van der Waals surface area contributed by atoms with Crippen molar-refractivity contribution in [3.05, 3.63) is 71.8 Å². The molecule has 0 N–H and O–H groups in total. The zero-order valence-corrected chi connectivity index (χ0v) is 14.8. The molecule has 0 aliphatic carbocycles. The van der Waals surface area contributed by atoms with Crippen LogP contribution in [-0.4, -0.2) is 19.5 Å². The summed E-state index contributed by atoms with van der Waals surface area (Å²) in [6.45, 7) is 5.14. The zero-order chi connectivity index (χ0) is 17.5. The molecule has 1 heterocycles. The van der Waals surface area contributed by atoms with Gasteiger partial charge in [-0.05, 0) is 54.2 Å². The molecule has 0 amide bonds. The first-order chi connectivity index (χ1) is 12.2. The molecule has 2 aromatic rings. The van der Waals surface area contributed by atoms with Crippen LogP contribution in [0.2, 0.25) is 5.02 Å². The summed E-state index contributed by atoms with van der Waals surface area (Å²) in [5.74, 6) is 6.61. The average molecular weight is 353 g/mol. The van der Waals surface area contributed by atoms with Crippen molar-refractivity contribution in [3.63, 3.8) is 0 Å². The van der Waals surface area contributed by atoms with E-state index in [2.05, 4.69) is 30.6 Å². The van der Waals surface area contributed by atoms with Crippen molar-refractivity contribution in [3.8, 4) is 23.0 Å². The maximum atomic E-state index is 5.93. The van der Waals surface area contributed by atoms with Gasteiger partial charge in [-0.25, -0.2) is 0 Å². The van der Waals surface area contributed by atoms with Crippen LogP contribution in [0.4, 0.5) is 0 Å². The molecule has 25 heavy (non-hydrogen) atoms. The fourth-order valence-electron chi connectivity index (χ4n) is 2.68. The van der Waals surface area contributed by atoms with E-state index in [-0.39, 0.29) is 0 Å². The molecule has 0 bridgehead atoms. The van der Waals surface area contributed by atoms with Crippen LogP contribution in [0.3, 0.4) is 0 Å². The van der Waals surface area contributed by atoms with Crippen LogP contribution < -0.4 is 0 Å². The van der Waals surface area contributed by atoms with Crippen LogP contribution in [0.15, 0.2) is 61.2 Å². The van der Waals surface area contributed by atoms with E-state index in [1.165, 1.54) is 0 Å². The molecule has 1 saturated heterocycles. The predicted molar refractivity (Wildman–Crippen MR) is 102 cm³/mol.